The molecule has 0 amide bonds. The Morgan fingerprint density at radius 2 is 2.05 bits per heavy atom. The molecule has 0 saturated carbocycles. The first kappa shape index (κ1) is 12.9. The Kier molecular flexibility index (Phi) is 3.15. The summed E-state index contributed by atoms with van der Waals surface area (Å²) in [6, 6.07) is 7.01. The van der Waals surface area contributed by atoms with Gasteiger partial charge >= 0.3 is 5.97 Å². The maximum absolute atomic E-state index is 11.8. The van der Waals surface area contributed by atoms with Crippen molar-refractivity contribution < 1.29 is 9.90 Å². The molecule has 2 heterocycles. The van der Waals surface area contributed by atoms with Crippen LogP contribution >= 0.6 is 0 Å². The van der Waals surface area contributed by atoms with E-state index in [1.54, 1.807) is 28.9 Å². The number of fused-ring (bicyclic) bond motifs is 1. The third kappa shape index (κ3) is 2.36. The third-order valence-electron chi connectivity index (χ3n) is 3.09. The highest BCUT2D eigenvalue weighted by atomic mass is 16.4. The smallest absolute Gasteiger partial charge is 0.339 e. The molecule has 0 fully saturated rings. The molecule has 3 rings (SSSR count). The minimum absolute atomic E-state index is 0.0158. The Bertz CT molecular complexity index is 889. The Morgan fingerprint density at radius 3 is 2.86 bits per heavy atom. The molecule has 104 valence electrons. The number of aromatic carboxylic acids is 1. The fraction of sp³-hybridized carbons (Fsp3) is 0.0714. The van der Waals surface area contributed by atoms with Gasteiger partial charge in [-0.2, -0.15) is 5.10 Å². The number of carboxylic acid groups (broad SMARTS) is 1. The molecule has 2 aromatic heterocycles. The standard InChI is InChI=1S/C14H10N4O3/c19-13-6-17-18(12-4-2-1-3-9(12)13)7-11-10(14(20)21)5-15-8-16-11/h1-6,8H,7H2,(H,20,21). The zero-order chi connectivity index (χ0) is 14.8. The van der Waals surface area contributed by atoms with Gasteiger partial charge in [-0.25, -0.2) is 14.8 Å². The minimum Gasteiger partial charge on any atom is -0.478 e. The number of carbonyl (C=O) groups is 1. The SMILES string of the molecule is O=C(O)c1cncnc1Cn1ncc(=O)c2ccccc21. The summed E-state index contributed by atoms with van der Waals surface area (Å²) in [5.74, 6) is -1.10. The lowest BCUT2D eigenvalue weighted by Crippen LogP contribution is -2.16. The van der Waals surface area contributed by atoms with Crippen LogP contribution in [0.2, 0.25) is 0 Å². The second-order valence-corrected chi connectivity index (χ2v) is 4.37. The van der Waals surface area contributed by atoms with Crippen LogP contribution in [0.1, 0.15) is 16.1 Å². The van der Waals surface area contributed by atoms with Gasteiger partial charge < -0.3 is 5.11 Å². The van der Waals surface area contributed by atoms with E-state index in [0.717, 1.165) is 0 Å². The molecule has 0 spiro atoms. The lowest BCUT2D eigenvalue weighted by atomic mass is 10.2. The monoisotopic (exact) mass is 282 g/mol. The van der Waals surface area contributed by atoms with Crippen LogP contribution in [0, 0.1) is 0 Å². The zero-order valence-electron chi connectivity index (χ0n) is 10.8. The van der Waals surface area contributed by atoms with Crippen molar-refractivity contribution in [2.45, 2.75) is 6.54 Å². The van der Waals surface area contributed by atoms with E-state index in [2.05, 4.69) is 15.1 Å². The average molecular weight is 282 g/mol. The van der Waals surface area contributed by atoms with Crippen LogP contribution in [-0.2, 0) is 6.54 Å². The number of benzene rings is 1. The molecule has 7 heteroatoms. The summed E-state index contributed by atoms with van der Waals surface area (Å²) in [6.07, 6.45) is 3.74. The summed E-state index contributed by atoms with van der Waals surface area (Å²) in [7, 11) is 0. The van der Waals surface area contributed by atoms with Crippen molar-refractivity contribution in [3.05, 3.63) is 64.5 Å². The van der Waals surface area contributed by atoms with E-state index >= 15 is 0 Å². The maximum Gasteiger partial charge on any atom is 0.339 e. The van der Waals surface area contributed by atoms with Crippen LogP contribution in [0.3, 0.4) is 0 Å². The van der Waals surface area contributed by atoms with Gasteiger partial charge in [-0.3, -0.25) is 9.48 Å². The Morgan fingerprint density at radius 1 is 1.24 bits per heavy atom. The molecule has 0 bridgehead atoms. The number of rotatable bonds is 3. The number of hydrogen-bond donors (Lipinski definition) is 1. The largest absolute Gasteiger partial charge is 0.478 e. The van der Waals surface area contributed by atoms with Gasteiger partial charge in [0.25, 0.3) is 0 Å². The first-order valence-electron chi connectivity index (χ1n) is 6.14. The third-order valence-corrected chi connectivity index (χ3v) is 3.09. The first-order chi connectivity index (χ1) is 10.2. The Balaban J connectivity index is 2.14. The summed E-state index contributed by atoms with van der Waals surface area (Å²) in [6.45, 7) is 0.144. The molecular weight excluding hydrogens is 272 g/mol. The highest BCUT2D eigenvalue weighted by molar-refractivity contribution is 5.88. The average Bonchev–Trinajstić information content (AvgIpc) is 2.51. The van der Waals surface area contributed by atoms with Gasteiger partial charge in [-0.05, 0) is 12.1 Å². The second kappa shape index (κ2) is 5.12. The quantitative estimate of drug-likeness (QED) is 0.767. The van der Waals surface area contributed by atoms with E-state index in [4.69, 9.17) is 5.11 Å². The van der Waals surface area contributed by atoms with E-state index < -0.39 is 5.97 Å². The number of hydrogen-bond acceptors (Lipinski definition) is 5. The molecule has 0 atom stereocenters. The molecule has 1 aromatic carbocycles. The summed E-state index contributed by atoms with van der Waals surface area (Å²) >= 11 is 0. The number of para-hydroxylation sites is 1. The van der Waals surface area contributed by atoms with Gasteiger partial charge in [-0.1, -0.05) is 12.1 Å². The van der Waals surface area contributed by atoms with Gasteiger partial charge in [-0.15, -0.1) is 0 Å². The fourth-order valence-corrected chi connectivity index (χ4v) is 2.09. The minimum atomic E-state index is -1.10. The summed E-state index contributed by atoms with van der Waals surface area (Å²) in [4.78, 5) is 30.6. The van der Waals surface area contributed by atoms with Crippen LogP contribution < -0.4 is 5.43 Å². The Labute approximate surface area is 118 Å². The normalized spacial score (nSPS) is 10.7. The maximum atomic E-state index is 11.8. The van der Waals surface area contributed by atoms with E-state index in [0.29, 0.717) is 16.6 Å². The van der Waals surface area contributed by atoms with E-state index in [-0.39, 0.29) is 17.5 Å². The molecule has 21 heavy (non-hydrogen) atoms. The molecule has 0 aliphatic rings. The second-order valence-electron chi connectivity index (χ2n) is 4.37. The fourth-order valence-electron chi connectivity index (χ4n) is 2.09. The lowest BCUT2D eigenvalue weighted by Gasteiger charge is -2.09. The topological polar surface area (TPSA) is 98.0 Å². The summed E-state index contributed by atoms with van der Waals surface area (Å²) in [5.41, 5.74) is 0.795. The van der Waals surface area contributed by atoms with Gasteiger partial charge in [0.1, 0.15) is 11.9 Å². The van der Waals surface area contributed by atoms with Gasteiger partial charge in [0.15, 0.2) is 0 Å². The van der Waals surface area contributed by atoms with Crippen molar-refractivity contribution in [1.82, 2.24) is 19.7 Å². The van der Waals surface area contributed by atoms with Crippen LogP contribution in [0.4, 0.5) is 0 Å². The van der Waals surface area contributed by atoms with Crippen molar-refractivity contribution in [3.8, 4) is 0 Å². The molecule has 0 radical (unpaired) electrons. The van der Waals surface area contributed by atoms with Crippen molar-refractivity contribution >= 4 is 16.9 Å². The van der Waals surface area contributed by atoms with Gasteiger partial charge in [0.05, 0.1) is 24.0 Å². The van der Waals surface area contributed by atoms with Crippen LogP contribution in [-0.4, -0.2) is 30.8 Å². The molecule has 1 N–H and O–H groups in total. The zero-order valence-corrected chi connectivity index (χ0v) is 10.8. The Hall–Kier alpha value is -3.09. The van der Waals surface area contributed by atoms with E-state index in [9.17, 15) is 9.59 Å². The highest BCUT2D eigenvalue weighted by Crippen LogP contribution is 2.11. The van der Waals surface area contributed by atoms with Crippen molar-refractivity contribution in [2.75, 3.05) is 0 Å². The van der Waals surface area contributed by atoms with Crippen LogP contribution in [0.15, 0.2) is 47.8 Å². The predicted octanol–water partition coefficient (Wildman–Crippen LogP) is 0.933. The summed E-state index contributed by atoms with van der Waals surface area (Å²) < 4.78 is 1.55. The molecule has 7 nitrogen and oxygen atoms in total. The highest BCUT2D eigenvalue weighted by Gasteiger charge is 2.13. The van der Waals surface area contributed by atoms with Crippen molar-refractivity contribution in [3.63, 3.8) is 0 Å². The van der Waals surface area contributed by atoms with Crippen molar-refractivity contribution in [1.29, 1.82) is 0 Å². The first-order valence-corrected chi connectivity index (χ1v) is 6.14. The summed E-state index contributed by atoms with van der Waals surface area (Å²) in [5, 5.41) is 13.7. The van der Waals surface area contributed by atoms with Crippen LogP contribution in [0.25, 0.3) is 10.9 Å². The molecule has 0 aliphatic heterocycles. The molecule has 0 unspecified atom stereocenters. The lowest BCUT2D eigenvalue weighted by molar-refractivity contribution is 0.0694. The van der Waals surface area contributed by atoms with E-state index in [1.807, 2.05) is 0 Å². The number of nitrogens with zero attached hydrogens (tertiary/aromatic N) is 4. The molecule has 0 saturated heterocycles. The molecule has 0 aliphatic carbocycles. The van der Waals surface area contributed by atoms with Crippen molar-refractivity contribution in [2.24, 2.45) is 0 Å². The molecular formula is C14H10N4O3. The van der Waals surface area contributed by atoms with Crippen LogP contribution in [0.5, 0.6) is 0 Å². The number of aromatic nitrogens is 4. The van der Waals surface area contributed by atoms with E-state index in [1.165, 1.54) is 18.7 Å². The molecule has 3 aromatic rings. The van der Waals surface area contributed by atoms with Gasteiger partial charge in [0.2, 0.25) is 5.43 Å². The van der Waals surface area contributed by atoms with Gasteiger partial charge in [0, 0.05) is 11.6 Å². The number of carboxylic acids is 1. The predicted molar refractivity (Wildman–Crippen MR) is 74.1 cm³/mol.